The number of nitrogens with zero attached hydrogens (tertiary/aromatic N) is 3. The largest absolute Gasteiger partial charge is 0.483 e. The number of hydrogen-bond acceptors (Lipinski definition) is 8. The minimum atomic E-state index is -0.964. The molecule has 2 atom stereocenters. The number of aliphatic hydroxyl groups excluding tert-OH is 2. The smallest absolute Gasteiger partial charge is 0.267 e. The maximum atomic E-state index is 13.0. The SMILES string of the molecule is CCc1nnsc1C(=O)N1CCC2(CC1)CNC(=O)COc1ccccc1C[C@H](O)[C@H](O)C2. The van der Waals surface area contributed by atoms with Gasteiger partial charge in [-0.25, -0.2) is 0 Å². The van der Waals surface area contributed by atoms with E-state index in [1.165, 1.54) is 0 Å². The van der Waals surface area contributed by atoms with Gasteiger partial charge in [-0.05, 0) is 54.3 Å². The number of piperidine rings is 1. The molecule has 1 spiro atoms. The van der Waals surface area contributed by atoms with Gasteiger partial charge in [0.15, 0.2) is 6.61 Å². The van der Waals surface area contributed by atoms with Crippen molar-refractivity contribution in [3.63, 3.8) is 0 Å². The van der Waals surface area contributed by atoms with Gasteiger partial charge in [-0.3, -0.25) is 9.59 Å². The van der Waals surface area contributed by atoms with Crippen LogP contribution in [0.1, 0.15) is 47.1 Å². The quantitative estimate of drug-likeness (QED) is 0.597. The number of hydrogen-bond donors (Lipinski definition) is 3. The number of aryl methyl sites for hydroxylation is 1. The van der Waals surface area contributed by atoms with E-state index < -0.39 is 17.6 Å². The molecule has 1 saturated heterocycles. The molecule has 10 heteroatoms. The van der Waals surface area contributed by atoms with Crippen molar-refractivity contribution in [1.29, 1.82) is 0 Å². The fourth-order valence-electron chi connectivity index (χ4n) is 4.62. The predicted molar refractivity (Wildman–Crippen MR) is 122 cm³/mol. The minimum Gasteiger partial charge on any atom is -0.483 e. The molecule has 3 N–H and O–H groups in total. The van der Waals surface area contributed by atoms with Crippen molar-refractivity contribution in [3.8, 4) is 5.75 Å². The third kappa shape index (κ3) is 5.34. The summed E-state index contributed by atoms with van der Waals surface area (Å²) in [5.41, 5.74) is 1.03. The molecule has 178 valence electrons. The maximum absolute atomic E-state index is 13.0. The van der Waals surface area contributed by atoms with E-state index in [4.69, 9.17) is 4.74 Å². The number of amides is 2. The first-order valence-electron chi connectivity index (χ1n) is 11.3. The van der Waals surface area contributed by atoms with Gasteiger partial charge in [0.25, 0.3) is 11.8 Å². The molecule has 3 heterocycles. The van der Waals surface area contributed by atoms with E-state index in [1.807, 2.05) is 19.1 Å². The number of benzene rings is 1. The van der Waals surface area contributed by atoms with Crippen LogP contribution in [0.3, 0.4) is 0 Å². The van der Waals surface area contributed by atoms with Crippen molar-refractivity contribution < 1.29 is 24.5 Å². The van der Waals surface area contributed by atoms with Gasteiger partial charge >= 0.3 is 0 Å². The molecule has 33 heavy (non-hydrogen) atoms. The molecule has 2 amide bonds. The first kappa shape index (κ1) is 23.6. The molecule has 1 aromatic carbocycles. The highest BCUT2D eigenvalue weighted by molar-refractivity contribution is 7.08. The van der Waals surface area contributed by atoms with E-state index in [9.17, 15) is 19.8 Å². The Hall–Kier alpha value is -2.56. The summed E-state index contributed by atoms with van der Waals surface area (Å²) in [6.45, 7) is 3.18. The highest BCUT2D eigenvalue weighted by atomic mass is 32.1. The van der Waals surface area contributed by atoms with Crippen molar-refractivity contribution in [2.45, 2.75) is 51.2 Å². The molecular formula is C23H30N4O5S. The molecule has 0 saturated carbocycles. The van der Waals surface area contributed by atoms with Crippen molar-refractivity contribution in [2.75, 3.05) is 26.2 Å². The van der Waals surface area contributed by atoms with Crippen LogP contribution in [0.5, 0.6) is 5.75 Å². The van der Waals surface area contributed by atoms with E-state index >= 15 is 0 Å². The summed E-state index contributed by atoms with van der Waals surface area (Å²) in [6, 6.07) is 7.23. The number of fused-ring (bicyclic) bond motifs is 1. The summed E-state index contributed by atoms with van der Waals surface area (Å²) in [4.78, 5) is 27.8. The van der Waals surface area contributed by atoms with Crippen LogP contribution in [0.4, 0.5) is 0 Å². The zero-order valence-electron chi connectivity index (χ0n) is 18.7. The summed E-state index contributed by atoms with van der Waals surface area (Å²) < 4.78 is 9.59. The Morgan fingerprint density at radius 1 is 1.27 bits per heavy atom. The second-order valence-electron chi connectivity index (χ2n) is 8.91. The Balaban J connectivity index is 1.48. The lowest BCUT2D eigenvalue weighted by Crippen LogP contribution is -2.51. The van der Waals surface area contributed by atoms with Gasteiger partial charge < -0.3 is 25.2 Å². The lowest BCUT2D eigenvalue weighted by molar-refractivity contribution is -0.124. The van der Waals surface area contributed by atoms with Crippen LogP contribution in [0, 0.1) is 5.41 Å². The zero-order valence-corrected chi connectivity index (χ0v) is 19.5. The molecule has 0 unspecified atom stereocenters. The first-order chi connectivity index (χ1) is 15.9. The number of rotatable bonds is 2. The van der Waals surface area contributed by atoms with Crippen LogP contribution in [-0.4, -0.2) is 75.0 Å². The number of para-hydroxylation sites is 1. The average molecular weight is 475 g/mol. The van der Waals surface area contributed by atoms with Crippen LogP contribution in [0.15, 0.2) is 24.3 Å². The van der Waals surface area contributed by atoms with E-state index in [0.717, 1.165) is 17.1 Å². The van der Waals surface area contributed by atoms with Gasteiger partial charge in [0.1, 0.15) is 10.6 Å². The maximum Gasteiger partial charge on any atom is 0.267 e. The third-order valence-corrected chi connectivity index (χ3v) is 7.46. The Kier molecular flexibility index (Phi) is 7.26. The number of carbonyl (C=O) groups is 2. The molecule has 1 aromatic heterocycles. The van der Waals surface area contributed by atoms with Crippen molar-refractivity contribution in [1.82, 2.24) is 19.8 Å². The molecule has 2 aliphatic heterocycles. The van der Waals surface area contributed by atoms with Crippen LogP contribution in [0.25, 0.3) is 0 Å². The molecule has 2 aromatic rings. The normalized spacial score (nSPS) is 23.6. The van der Waals surface area contributed by atoms with E-state index in [0.29, 0.717) is 61.6 Å². The second kappa shape index (κ2) is 10.1. The summed E-state index contributed by atoms with van der Waals surface area (Å²) in [7, 11) is 0. The third-order valence-electron chi connectivity index (χ3n) is 6.70. The molecule has 2 aliphatic rings. The van der Waals surface area contributed by atoms with E-state index in [1.54, 1.807) is 17.0 Å². The van der Waals surface area contributed by atoms with Crippen molar-refractivity contribution in [3.05, 3.63) is 40.4 Å². The Bertz CT molecular complexity index is 989. The van der Waals surface area contributed by atoms with Gasteiger partial charge in [0, 0.05) is 26.1 Å². The number of nitrogens with one attached hydrogen (secondary N) is 1. The Morgan fingerprint density at radius 2 is 2.03 bits per heavy atom. The fourth-order valence-corrected chi connectivity index (χ4v) is 5.34. The summed E-state index contributed by atoms with van der Waals surface area (Å²) in [5, 5.41) is 28.6. The number of likely N-dealkylation sites (tertiary alicyclic amines) is 1. The summed E-state index contributed by atoms with van der Waals surface area (Å²) in [6.07, 6.45) is 0.504. The molecule has 4 rings (SSSR count). The number of aromatic nitrogens is 2. The van der Waals surface area contributed by atoms with Gasteiger partial charge in [-0.1, -0.05) is 29.6 Å². The highest BCUT2D eigenvalue weighted by Gasteiger charge is 2.40. The molecule has 0 radical (unpaired) electrons. The standard InChI is InChI=1S/C23H30N4O5S/c1-2-16-21(33-26-25-16)22(31)27-9-7-23(8-10-27)12-18(29)17(28)11-15-5-3-4-6-19(15)32-13-20(30)24-14-23/h3-6,17-18,28-29H,2,7-14H2,1H3,(H,24,30)/t17-,18+/m0/s1. The lowest BCUT2D eigenvalue weighted by atomic mass is 9.73. The van der Waals surface area contributed by atoms with Gasteiger partial charge in [-0.15, -0.1) is 5.10 Å². The number of carbonyl (C=O) groups excluding carboxylic acids is 2. The Labute approximate surface area is 196 Å². The van der Waals surface area contributed by atoms with Crippen LogP contribution in [0.2, 0.25) is 0 Å². The van der Waals surface area contributed by atoms with Gasteiger partial charge in [0.05, 0.1) is 17.9 Å². The second-order valence-corrected chi connectivity index (χ2v) is 9.66. The number of ether oxygens (including phenoxy) is 1. The van der Waals surface area contributed by atoms with Crippen molar-refractivity contribution >= 4 is 23.3 Å². The zero-order chi connectivity index (χ0) is 23.4. The van der Waals surface area contributed by atoms with Crippen LogP contribution >= 0.6 is 11.5 Å². The topological polar surface area (TPSA) is 125 Å². The average Bonchev–Trinajstić information content (AvgIpc) is 3.30. The van der Waals surface area contributed by atoms with E-state index in [2.05, 4.69) is 14.9 Å². The predicted octanol–water partition coefficient (Wildman–Crippen LogP) is 1.19. The van der Waals surface area contributed by atoms with Gasteiger partial charge in [-0.2, -0.15) is 0 Å². The molecule has 9 nitrogen and oxygen atoms in total. The molecule has 1 fully saturated rings. The minimum absolute atomic E-state index is 0.0699. The fraction of sp³-hybridized carbons (Fsp3) is 0.565. The molecular weight excluding hydrogens is 444 g/mol. The number of aliphatic hydroxyl groups is 2. The lowest BCUT2D eigenvalue weighted by Gasteiger charge is -2.43. The van der Waals surface area contributed by atoms with Gasteiger partial charge in [0.2, 0.25) is 0 Å². The van der Waals surface area contributed by atoms with Crippen molar-refractivity contribution in [2.24, 2.45) is 5.41 Å². The summed E-state index contributed by atoms with van der Waals surface area (Å²) >= 11 is 1.12. The Morgan fingerprint density at radius 3 is 2.79 bits per heavy atom. The van der Waals surface area contributed by atoms with E-state index in [-0.39, 0.29) is 24.8 Å². The monoisotopic (exact) mass is 474 g/mol. The molecule has 0 aliphatic carbocycles. The first-order valence-corrected chi connectivity index (χ1v) is 12.1. The van der Waals surface area contributed by atoms with Crippen LogP contribution < -0.4 is 10.1 Å². The highest BCUT2D eigenvalue weighted by Crippen LogP contribution is 2.37. The van der Waals surface area contributed by atoms with Crippen LogP contribution in [-0.2, 0) is 17.6 Å². The molecule has 0 bridgehead atoms. The summed E-state index contributed by atoms with van der Waals surface area (Å²) in [5.74, 6) is 0.228.